The molecule has 0 radical (unpaired) electrons. The number of ether oxygens (including phenoxy) is 1. The van der Waals surface area contributed by atoms with Crippen LogP contribution in [0.2, 0.25) is 0 Å². The maximum atomic E-state index is 12.0. The minimum absolute atomic E-state index is 0. The summed E-state index contributed by atoms with van der Waals surface area (Å²) < 4.78 is 5.37. The summed E-state index contributed by atoms with van der Waals surface area (Å²) in [6.07, 6.45) is 6.32. The first-order valence-electron chi connectivity index (χ1n) is 12.5. The predicted octanol–water partition coefficient (Wildman–Crippen LogP) is -2.58. The summed E-state index contributed by atoms with van der Waals surface area (Å²) in [6, 6.07) is 6.69. The maximum absolute atomic E-state index is 12.0. The number of hydrogen-bond donors (Lipinski definition) is 2. The smallest absolute Gasteiger partial charge is 0.651 e. The molecule has 0 atom stereocenters. The van der Waals surface area contributed by atoms with Crippen molar-refractivity contribution < 1.29 is 145 Å². The molecule has 1 aromatic carbocycles. The Balaban J connectivity index is 0. The normalized spacial score (nSPS) is 10.4. The summed E-state index contributed by atoms with van der Waals surface area (Å²) in [5, 5.41) is 13.4. The van der Waals surface area contributed by atoms with E-state index in [0.717, 1.165) is 36.8 Å². The Morgan fingerprint density at radius 3 is 2.33 bits per heavy atom. The van der Waals surface area contributed by atoms with Gasteiger partial charge in [0.05, 0.1) is 11.8 Å². The van der Waals surface area contributed by atoms with Crippen molar-refractivity contribution in [1.82, 2.24) is 10.6 Å². The topological polar surface area (TPSA) is 147 Å². The second kappa shape index (κ2) is 26.9. The molecule has 1 aromatic rings. The van der Waals surface area contributed by atoms with E-state index in [9.17, 15) is 24.0 Å². The second-order valence-electron chi connectivity index (χ2n) is 8.43. The van der Waals surface area contributed by atoms with E-state index in [-0.39, 0.29) is 148 Å². The molecule has 0 fully saturated rings. The number of ketones is 1. The Bertz CT molecular complexity index is 910. The van der Waals surface area contributed by atoms with Crippen LogP contribution in [0.15, 0.2) is 36.0 Å². The molecule has 0 aliphatic heterocycles. The molecule has 0 heterocycles. The van der Waals surface area contributed by atoms with Crippen molar-refractivity contribution in [3.8, 4) is 0 Å². The molecule has 0 spiro atoms. The van der Waals surface area contributed by atoms with E-state index in [2.05, 4.69) is 21.3 Å². The van der Waals surface area contributed by atoms with Crippen molar-refractivity contribution in [2.24, 2.45) is 0 Å². The van der Waals surface area contributed by atoms with Crippen molar-refractivity contribution in [3.63, 3.8) is 0 Å². The predicted molar refractivity (Wildman–Crippen MR) is 141 cm³/mol. The Hall–Kier alpha value is 0.0804. The van der Waals surface area contributed by atoms with Crippen LogP contribution in [0.5, 0.6) is 0 Å². The number of nitrogens with zero attached hydrogens (tertiary/aromatic N) is 2. The third-order valence-electron chi connectivity index (χ3n) is 5.18. The van der Waals surface area contributed by atoms with Crippen LogP contribution < -0.4 is 127 Å². The first kappa shape index (κ1) is 41.2. The van der Waals surface area contributed by atoms with E-state index >= 15 is 0 Å². The average molecular weight is 686 g/mol. The zero-order valence-electron chi connectivity index (χ0n) is 23.8. The van der Waals surface area contributed by atoms with E-state index in [1.165, 1.54) is 6.08 Å². The zero-order chi connectivity index (χ0) is 27.3. The number of nitrogens with one attached hydrogen (secondary N) is 2. The Morgan fingerprint density at radius 1 is 0.949 bits per heavy atom. The Morgan fingerprint density at radius 2 is 1.67 bits per heavy atom. The van der Waals surface area contributed by atoms with Gasteiger partial charge in [0.15, 0.2) is 5.78 Å². The fraction of sp³-hybridized carbons (Fsp3) is 0.519. The molecule has 204 valence electrons. The van der Waals surface area contributed by atoms with Gasteiger partial charge < -0.3 is 40.4 Å². The molecule has 0 unspecified atom stereocenters. The molecule has 2 N–H and O–H groups in total. The number of carbonyl (C=O) groups is 5. The molecule has 0 aromatic heterocycles. The number of carbonyl (C=O) groups excluding carboxylic acids is 5. The van der Waals surface area contributed by atoms with E-state index < -0.39 is 18.2 Å². The van der Waals surface area contributed by atoms with Crippen LogP contribution >= 0.6 is 0 Å². The standard InChI is InChI=1S/C27H40N4O6.2Rb/c1-21(28-2)18-24(33)19-22-9-11-23(12-10-22)31-27(36)20-26(35)30-14-17-37-16-7-8-25(34)29-13-5-3-4-6-15-32;;/h9-12,15,18H,3-8,13-14,16-17,19-20H2,1-2H3,(H4,28,29,30,31,33,34,35,36);;/q;2*+1/p-2. The van der Waals surface area contributed by atoms with E-state index in [0.29, 0.717) is 38.1 Å². The van der Waals surface area contributed by atoms with Crippen molar-refractivity contribution >= 4 is 35.5 Å². The number of unbranched alkanes of at least 4 members (excludes halogenated alkanes) is 3. The van der Waals surface area contributed by atoms with Crippen LogP contribution in [0.4, 0.5) is 5.69 Å². The molecule has 0 aliphatic rings. The minimum atomic E-state index is -0.596. The van der Waals surface area contributed by atoms with Gasteiger partial charge >= 0.3 is 116 Å². The van der Waals surface area contributed by atoms with E-state index in [1.807, 2.05) is 0 Å². The fourth-order valence-corrected chi connectivity index (χ4v) is 3.14. The van der Waals surface area contributed by atoms with E-state index in [4.69, 9.17) is 4.74 Å². The van der Waals surface area contributed by atoms with Gasteiger partial charge in [-0.2, -0.15) is 0 Å². The number of benzene rings is 1. The van der Waals surface area contributed by atoms with Gasteiger partial charge in [-0.3, -0.25) is 9.59 Å². The number of aldehydes is 1. The summed E-state index contributed by atoms with van der Waals surface area (Å²) in [6.45, 7) is 3.13. The molecule has 0 saturated carbocycles. The number of hydrogen-bond acceptors (Lipinski definition) is 7. The number of amides is 3. The SMILES string of the molecule is CN/C(C)=C\C(=O)Cc1ccc([N-]C(=O)CC(=O)[N-]CCOCCCC(=O)NCCCCCC=O)cc1.[Rb+].[Rb+]. The van der Waals surface area contributed by atoms with Crippen LogP contribution in [0.3, 0.4) is 0 Å². The molecular weight excluding hydrogens is 647 g/mol. The van der Waals surface area contributed by atoms with Gasteiger partial charge in [-0.05, 0) is 31.7 Å². The summed E-state index contributed by atoms with van der Waals surface area (Å²) in [7, 11) is 1.74. The molecule has 3 amide bonds. The van der Waals surface area contributed by atoms with Crippen LogP contribution in [0.25, 0.3) is 10.6 Å². The van der Waals surface area contributed by atoms with Gasteiger partial charge in [-0.15, -0.1) is 12.2 Å². The second-order valence-corrected chi connectivity index (χ2v) is 8.43. The van der Waals surface area contributed by atoms with Gasteiger partial charge in [0.25, 0.3) is 0 Å². The van der Waals surface area contributed by atoms with Gasteiger partial charge in [0.2, 0.25) is 5.91 Å². The van der Waals surface area contributed by atoms with Gasteiger partial charge in [0, 0.05) is 64.3 Å². The molecule has 39 heavy (non-hydrogen) atoms. The zero-order valence-corrected chi connectivity index (χ0v) is 33.6. The minimum Gasteiger partial charge on any atom is -0.651 e. The quantitative estimate of drug-likeness (QED) is 0.0664. The van der Waals surface area contributed by atoms with Gasteiger partial charge in [-0.25, -0.2) is 0 Å². The summed E-state index contributed by atoms with van der Waals surface area (Å²) in [4.78, 5) is 57.8. The molecule has 10 nitrogen and oxygen atoms in total. The summed E-state index contributed by atoms with van der Waals surface area (Å²) in [5.74, 6) is -1.25. The molecule has 1 rings (SSSR count). The molecule has 0 bridgehead atoms. The van der Waals surface area contributed by atoms with Crippen molar-refractivity contribution in [1.29, 1.82) is 0 Å². The first-order chi connectivity index (χ1) is 17.8. The van der Waals surface area contributed by atoms with E-state index in [1.54, 1.807) is 38.2 Å². The average Bonchev–Trinajstić information content (AvgIpc) is 2.86. The third kappa shape index (κ3) is 23.3. The first-order valence-corrected chi connectivity index (χ1v) is 12.5. The van der Waals surface area contributed by atoms with Crippen LogP contribution in [0, 0.1) is 0 Å². The molecular formula is C27H38N4O6Rb2. The number of rotatable bonds is 20. The van der Waals surface area contributed by atoms with Crippen molar-refractivity contribution in [3.05, 3.63) is 52.2 Å². The van der Waals surface area contributed by atoms with Crippen molar-refractivity contribution in [2.45, 2.75) is 58.3 Å². The largest absolute Gasteiger partial charge is 1.00 e. The van der Waals surface area contributed by atoms with Gasteiger partial charge in [0.1, 0.15) is 6.29 Å². The fourth-order valence-electron chi connectivity index (χ4n) is 3.14. The van der Waals surface area contributed by atoms with Crippen molar-refractivity contribution in [2.75, 3.05) is 33.4 Å². The monoisotopic (exact) mass is 684 g/mol. The molecule has 12 heteroatoms. The van der Waals surface area contributed by atoms with Crippen LogP contribution in [-0.4, -0.2) is 63.1 Å². The Kier molecular flexibility index (Phi) is 28.5. The summed E-state index contributed by atoms with van der Waals surface area (Å²) >= 11 is 0. The summed E-state index contributed by atoms with van der Waals surface area (Å²) in [5.41, 5.74) is 1.98. The van der Waals surface area contributed by atoms with Crippen LogP contribution in [-0.2, 0) is 35.1 Å². The third-order valence-corrected chi connectivity index (χ3v) is 5.18. The number of allylic oxidation sites excluding steroid dienone is 2. The van der Waals surface area contributed by atoms with Crippen LogP contribution in [0.1, 0.15) is 57.4 Å². The Labute approximate surface area is 329 Å². The van der Waals surface area contributed by atoms with Gasteiger partial charge in [-0.1, -0.05) is 30.7 Å². The molecule has 0 saturated heterocycles. The molecule has 0 aliphatic carbocycles. The maximum Gasteiger partial charge on any atom is 1.00 e.